The molecule has 0 aliphatic carbocycles. The molecule has 2 aromatic rings. The Kier molecular flexibility index (Phi) is 6.62. The Morgan fingerprint density at radius 1 is 1.04 bits per heavy atom. The number of methoxy groups -OCH3 is 1. The molecule has 0 fully saturated rings. The molecular weight excluding hydrogens is 358 g/mol. The van der Waals surface area contributed by atoms with Gasteiger partial charge in [-0.05, 0) is 58.0 Å². The summed E-state index contributed by atoms with van der Waals surface area (Å²) in [5.41, 5.74) is 0.390. The first kappa shape index (κ1) is 21.2. The van der Waals surface area contributed by atoms with E-state index in [1.807, 2.05) is 27.7 Å². The van der Waals surface area contributed by atoms with Crippen LogP contribution < -0.4 is 15.6 Å². The molecule has 0 bridgehead atoms. The topological polar surface area (TPSA) is 80.6 Å². The molecule has 2 rings (SSSR count). The van der Waals surface area contributed by atoms with E-state index in [1.54, 1.807) is 43.3 Å². The maximum Gasteiger partial charge on any atom is 0.274 e. The van der Waals surface area contributed by atoms with Gasteiger partial charge in [0, 0.05) is 30.9 Å². The van der Waals surface area contributed by atoms with Crippen molar-refractivity contribution in [1.29, 1.82) is 0 Å². The van der Waals surface area contributed by atoms with Gasteiger partial charge in [0.2, 0.25) is 0 Å². The molecule has 1 aromatic heterocycles. The molecule has 7 nitrogen and oxygen atoms in total. The van der Waals surface area contributed by atoms with E-state index < -0.39 is 5.91 Å². The van der Waals surface area contributed by atoms with Crippen LogP contribution >= 0.6 is 0 Å². The van der Waals surface area contributed by atoms with Gasteiger partial charge in [0.05, 0.1) is 12.7 Å². The number of aryl methyl sites for hydroxylation is 1. The van der Waals surface area contributed by atoms with Crippen LogP contribution in [-0.4, -0.2) is 40.5 Å². The quantitative estimate of drug-likeness (QED) is 0.829. The highest BCUT2D eigenvalue weighted by Gasteiger charge is 2.23. The predicted octanol–water partition coefficient (Wildman–Crippen LogP) is 2.91. The van der Waals surface area contributed by atoms with E-state index >= 15 is 0 Å². The number of aromatic nitrogens is 1. The van der Waals surface area contributed by atoms with Crippen molar-refractivity contribution in [1.82, 2.24) is 9.47 Å². The summed E-state index contributed by atoms with van der Waals surface area (Å²) < 4.78 is 6.38. The second kappa shape index (κ2) is 8.73. The second-order valence-electron chi connectivity index (χ2n) is 7.14. The van der Waals surface area contributed by atoms with E-state index in [1.165, 1.54) is 16.8 Å². The van der Waals surface area contributed by atoms with E-state index in [0.717, 1.165) is 0 Å². The van der Waals surface area contributed by atoms with E-state index in [9.17, 15) is 14.4 Å². The third kappa shape index (κ3) is 4.60. The lowest BCUT2D eigenvalue weighted by Crippen LogP contribution is -2.42. The fourth-order valence-electron chi connectivity index (χ4n) is 3.07. The number of ether oxygens (including phenoxy) is 1. The molecule has 28 heavy (non-hydrogen) atoms. The van der Waals surface area contributed by atoms with Crippen LogP contribution in [0.4, 0.5) is 5.69 Å². The fourth-order valence-corrected chi connectivity index (χ4v) is 3.07. The molecule has 2 amide bonds. The minimum absolute atomic E-state index is 0.00192. The van der Waals surface area contributed by atoms with Crippen LogP contribution in [-0.2, 0) is 7.05 Å². The number of carbonyl (C=O) groups excluding carboxylic acids is 2. The van der Waals surface area contributed by atoms with Crippen LogP contribution in [0.2, 0.25) is 0 Å². The van der Waals surface area contributed by atoms with Crippen molar-refractivity contribution in [2.24, 2.45) is 7.05 Å². The van der Waals surface area contributed by atoms with Gasteiger partial charge in [-0.2, -0.15) is 0 Å². The van der Waals surface area contributed by atoms with Gasteiger partial charge >= 0.3 is 0 Å². The maximum atomic E-state index is 13.0. The Labute approximate surface area is 164 Å². The van der Waals surface area contributed by atoms with Crippen LogP contribution in [0.1, 0.15) is 48.4 Å². The van der Waals surface area contributed by atoms with Gasteiger partial charge in [-0.25, -0.2) is 0 Å². The Morgan fingerprint density at radius 3 is 2.11 bits per heavy atom. The number of pyridine rings is 1. The third-order valence-electron chi connectivity index (χ3n) is 4.38. The fraction of sp³-hybridized carbons (Fsp3) is 0.381. The summed E-state index contributed by atoms with van der Waals surface area (Å²) in [5, 5.41) is 2.61. The first-order valence-corrected chi connectivity index (χ1v) is 9.14. The number of carbonyl (C=O) groups is 2. The van der Waals surface area contributed by atoms with Crippen LogP contribution in [0, 0.1) is 0 Å². The minimum atomic E-state index is -0.436. The lowest BCUT2D eigenvalue weighted by atomic mass is 10.1. The number of nitrogens with one attached hydrogen (secondary N) is 1. The number of amides is 2. The van der Waals surface area contributed by atoms with Gasteiger partial charge in [0.15, 0.2) is 0 Å². The zero-order valence-corrected chi connectivity index (χ0v) is 17.1. The summed E-state index contributed by atoms with van der Waals surface area (Å²) in [6.45, 7) is 7.75. The molecule has 1 aromatic carbocycles. The molecule has 0 radical (unpaired) electrons. The Hall–Kier alpha value is -3.09. The van der Waals surface area contributed by atoms with Crippen molar-refractivity contribution in [2.45, 2.75) is 39.8 Å². The third-order valence-corrected chi connectivity index (χ3v) is 4.38. The van der Waals surface area contributed by atoms with Gasteiger partial charge in [0.1, 0.15) is 11.4 Å². The molecule has 0 aliphatic rings. The first-order chi connectivity index (χ1) is 13.1. The number of hydrogen-bond donors (Lipinski definition) is 1. The van der Waals surface area contributed by atoms with Crippen molar-refractivity contribution in [3.63, 3.8) is 0 Å². The van der Waals surface area contributed by atoms with Gasteiger partial charge in [0.25, 0.3) is 17.4 Å². The summed E-state index contributed by atoms with van der Waals surface area (Å²) in [6, 6.07) is 7.97. The van der Waals surface area contributed by atoms with Crippen molar-refractivity contribution < 1.29 is 14.3 Å². The van der Waals surface area contributed by atoms with Crippen LogP contribution in [0.15, 0.2) is 41.3 Å². The highest BCUT2D eigenvalue weighted by atomic mass is 16.5. The molecule has 150 valence electrons. The Balaban J connectivity index is 2.36. The average Bonchev–Trinajstić information content (AvgIpc) is 2.64. The zero-order chi connectivity index (χ0) is 21.0. The van der Waals surface area contributed by atoms with Crippen molar-refractivity contribution in [3.05, 3.63) is 58.0 Å². The van der Waals surface area contributed by atoms with Crippen molar-refractivity contribution in [3.8, 4) is 5.75 Å². The summed E-state index contributed by atoms with van der Waals surface area (Å²) in [6.07, 6.45) is 1.49. The van der Waals surface area contributed by atoms with Crippen LogP contribution in [0.25, 0.3) is 0 Å². The highest BCUT2D eigenvalue weighted by Crippen LogP contribution is 2.16. The normalized spacial score (nSPS) is 10.9. The smallest absolute Gasteiger partial charge is 0.274 e. The monoisotopic (exact) mass is 385 g/mol. The van der Waals surface area contributed by atoms with E-state index in [4.69, 9.17) is 4.74 Å². The summed E-state index contributed by atoms with van der Waals surface area (Å²) >= 11 is 0. The summed E-state index contributed by atoms with van der Waals surface area (Å²) in [7, 11) is 3.09. The molecule has 0 saturated carbocycles. The van der Waals surface area contributed by atoms with Gasteiger partial charge in [-0.3, -0.25) is 14.4 Å². The zero-order valence-electron chi connectivity index (χ0n) is 17.1. The Morgan fingerprint density at radius 2 is 1.61 bits per heavy atom. The molecule has 0 aliphatic heterocycles. The maximum absolute atomic E-state index is 13.0. The van der Waals surface area contributed by atoms with E-state index in [-0.39, 0.29) is 29.2 Å². The minimum Gasteiger partial charge on any atom is -0.497 e. The SMILES string of the molecule is COc1ccc(C(=O)Nc2cc(C(=O)N(C(C)C)C(C)C)cn(C)c2=O)cc1. The number of anilines is 1. The molecule has 7 heteroatoms. The van der Waals surface area contributed by atoms with Gasteiger partial charge in [-0.15, -0.1) is 0 Å². The molecule has 0 atom stereocenters. The van der Waals surface area contributed by atoms with Crippen LogP contribution in [0.3, 0.4) is 0 Å². The molecule has 1 N–H and O–H groups in total. The van der Waals surface area contributed by atoms with E-state index in [2.05, 4.69) is 5.32 Å². The number of nitrogens with zero attached hydrogens (tertiary/aromatic N) is 2. The van der Waals surface area contributed by atoms with Crippen molar-refractivity contribution >= 4 is 17.5 Å². The second-order valence-corrected chi connectivity index (χ2v) is 7.14. The Bertz CT molecular complexity index is 906. The predicted molar refractivity (Wildman–Crippen MR) is 109 cm³/mol. The molecular formula is C21H27N3O4. The summed E-state index contributed by atoms with van der Waals surface area (Å²) in [5.74, 6) is -0.00278. The number of benzene rings is 1. The average molecular weight is 385 g/mol. The lowest BCUT2D eigenvalue weighted by Gasteiger charge is -2.31. The molecule has 0 unspecified atom stereocenters. The van der Waals surface area contributed by atoms with Gasteiger partial charge < -0.3 is 19.5 Å². The first-order valence-electron chi connectivity index (χ1n) is 9.14. The molecule has 1 heterocycles. The number of rotatable bonds is 6. The van der Waals surface area contributed by atoms with Gasteiger partial charge in [-0.1, -0.05) is 0 Å². The highest BCUT2D eigenvalue weighted by molar-refractivity contribution is 6.05. The summed E-state index contributed by atoms with van der Waals surface area (Å²) in [4.78, 5) is 39.6. The number of hydrogen-bond acceptors (Lipinski definition) is 4. The van der Waals surface area contributed by atoms with Crippen molar-refractivity contribution in [2.75, 3.05) is 12.4 Å². The lowest BCUT2D eigenvalue weighted by molar-refractivity contribution is 0.0642. The molecule has 0 spiro atoms. The largest absolute Gasteiger partial charge is 0.497 e. The standard InChI is InChI=1S/C21H27N3O4/c1-13(2)24(14(3)4)20(26)16-11-18(21(27)23(5)12-16)22-19(25)15-7-9-17(28-6)10-8-15/h7-14H,1-6H3,(H,22,25). The molecule has 0 saturated heterocycles. The van der Waals surface area contributed by atoms with Crippen LogP contribution in [0.5, 0.6) is 5.75 Å². The van der Waals surface area contributed by atoms with E-state index in [0.29, 0.717) is 16.9 Å².